The van der Waals surface area contributed by atoms with Gasteiger partial charge in [-0.2, -0.15) is 0 Å². The van der Waals surface area contributed by atoms with Crippen LogP contribution >= 0.6 is 27.3 Å². The summed E-state index contributed by atoms with van der Waals surface area (Å²) in [7, 11) is 0. The van der Waals surface area contributed by atoms with Crippen LogP contribution in [-0.2, 0) is 13.0 Å². The number of nitrogens with two attached hydrogens (primary N) is 1. The van der Waals surface area contributed by atoms with E-state index in [0.29, 0.717) is 0 Å². The van der Waals surface area contributed by atoms with Crippen LogP contribution in [0.5, 0.6) is 0 Å². The van der Waals surface area contributed by atoms with Gasteiger partial charge >= 0.3 is 0 Å². The normalized spacial score (nSPS) is 11.3. The number of aryl methyl sites for hydroxylation is 1. The molecular formula is C17H19BrN2S. The van der Waals surface area contributed by atoms with Crippen molar-refractivity contribution in [3.05, 3.63) is 56.8 Å². The Morgan fingerprint density at radius 3 is 2.71 bits per heavy atom. The summed E-state index contributed by atoms with van der Waals surface area (Å²) < 4.78 is 3.56. The molecule has 0 aliphatic rings. The summed E-state index contributed by atoms with van der Waals surface area (Å²) in [6.45, 7) is 1.72. The van der Waals surface area contributed by atoms with E-state index >= 15 is 0 Å². The van der Waals surface area contributed by atoms with Gasteiger partial charge in [-0.25, -0.2) is 0 Å². The van der Waals surface area contributed by atoms with Crippen molar-refractivity contribution < 1.29 is 0 Å². The molecule has 0 aliphatic heterocycles. The van der Waals surface area contributed by atoms with Gasteiger partial charge in [0.1, 0.15) is 0 Å². The quantitative estimate of drug-likeness (QED) is 0.627. The smallest absolute Gasteiger partial charge is 0.0702 e. The van der Waals surface area contributed by atoms with E-state index in [9.17, 15) is 0 Å². The first kappa shape index (κ1) is 14.8. The summed E-state index contributed by atoms with van der Waals surface area (Å²) in [6, 6.07) is 13.0. The molecule has 2 aromatic heterocycles. The zero-order valence-corrected chi connectivity index (χ0v) is 14.3. The molecule has 0 bridgehead atoms. The Morgan fingerprint density at radius 1 is 1.10 bits per heavy atom. The lowest BCUT2D eigenvalue weighted by Gasteiger charge is -2.02. The first-order chi connectivity index (χ1) is 10.3. The highest BCUT2D eigenvalue weighted by atomic mass is 79.9. The molecule has 3 rings (SSSR count). The van der Waals surface area contributed by atoms with E-state index in [4.69, 9.17) is 5.73 Å². The van der Waals surface area contributed by atoms with E-state index < -0.39 is 0 Å². The van der Waals surface area contributed by atoms with Crippen LogP contribution in [0.4, 0.5) is 0 Å². The number of hydrogen-bond donors (Lipinski definition) is 1. The number of unbranched alkanes of at least 4 members (excludes halogenated alkanes) is 1. The van der Waals surface area contributed by atoms with Gasteiger partial charge in [-0.05, 0) is 65.5 Å². The highest BCUT2D eigenvalue weighted by molar-refractivity contribution is 9.11. The van der Waals surface area contributed by atoms with Crippen molar-refractivity contribution in [1.82, 2.24) is 4.57 Å². The summed E-state index contributed by atoms with van der Waals surface area (Å²) in [6.07, 6.45) is 5.68. The van der Waals surface area contributed by atoms with Crippen LogP contribution < -0.4 is 5.73 Å². The van der Waals surface area contributed by atoms with Gasteiger partial charge in [-0.3, -0.25) is 0 Å². The zero-order chi connectivity index (χ0) is 14.7. The molecule has 1 aromatic carbocycles. The Bertz CT molecular complexity index is 729. The molecule has 0 atom stereocenters. The SMILES string of the molecule is NCCCCc1cn(Cc2ccc(Br)s2)c2ccccc12. The van der Waals surface area contributed by atoms with Gasteiger partial charge in [0.2, 0.25) is 0 Å². The third-order valence-electron chi connectivity index (χ3n) is 3.73. The molecule has 2 N–H and O–H groups in total. The molecule has 0 unspecified atom stereocenters. The number of rotatable bonds is 6. The van der Waals surface area contributed by atoms with Crippen molar-refractivity contribution in [1.29, 1.82) is 0 Å². The van der Waals surface area contributed by atoms with Gasteiger partial charge in [0.25, 0.3) is 0 Å². The van der Waals surface area contributed by atoms with E-state index in [2.05, 4.69) is 63.1 Å². The molecule has 0 aliphatic carbocycles. The molecule has 2 nitrogen and oxygen atoms in total. The Hall–Kier alpha value is -1.10. The highest BCUT2D eigenvalue weighted by Crippen LogP contribution is 2.27. The fraction of sp³-hybridized carbons (Fsp3) is 0.294. The van der Waals surface area contributed by atoms with Crippen molar-refractivity contribution in [3.8, 4) is 0 Å². The predicted molar refractivity (Wildman–Crippen MR) is 95.1 cm³/mol. The monoisotopic (exact) mass is 362 g/mol. The molecule has 2 heterocycles. The summed E-state index contributed by atoms with van der Waals surface area (Å²) in [4.78, 5) is 1.37. The minimum atomic E-state index is 0.780. The van der Waals surface area contributed by atoms with Gasteiger partial charge in [-0.1, -0.05) is 18.2 Å². The lowest BCUT2D eigenvalue weighted by Crippen LogP contribution is -1.99. The second-order valence-electron chi connectivity index (χ2n) is 5.25. The van der Waals surface area contributed by atoms with Crippen LogP contribution in [-0.4, -0.2) is 11.1 Å². The predicted octanol–water partition coefficient (Wildman–Crippen LogP) is 4.80. The van der Waals surface area contributed by atoms with Gasteiger partial charge in [-0.15, -0.1) is 11.3 Å². The largest absolute Gasteiger partial charge is 0.342 e. The van der Waals surface area contributed by atoms with Crippen molar-refractivity contribution in [3.63, 3.8) is 0 Å². The number of nitrogens with zero attached hydrogens (tertiary/aromatic N) is 1. The molecule has 21 heavy (non-hydrogen) atoms. The number of para-hydroxylation sites is 1. The van der Waals surface area contributed by atoms with Gasteiger partial charge in [0.15, 0.2) is 0 Å². The van der Waals surface area contributed by atoms with Crippen LogP contribution in [0.1, 0.15) is 23.3 Å². The number of fused-ring (bicyclic) bond motifs is 1. The summed E-state index contributed by atoms with van der Waals surface area (Å²) in [5, 5.41) is 1.38. The molecule has 0 saturated carbocycles. The van der Waals surface area contributed by atoms with Gasteiger partial charge in [0.05, 0.1) is 10.3 Å². The second-order valence-corrected chi connectivity index (χ2v) is 7.80. The minimum absolute atomic E-state index is 0.780. The molecule has 0 spiro atoms. The molecule has 0 amide bonds. The lowest BCUT2D eigenvalue weighted by molar-refractivity contribution is 0.742. The molecular weight excluding hydrogens is 344 g/mol. The molecule has 4 heteroatoms. The van der Waals surface area contributed by atoms with E-state index in [1.54, 1.807) is 11.3 Å². The van der Waals surface area contributed by atoms with Crippen LogP contribution in [0.25, 0.3) is 10.9 Å². The Kier molecular flexibility index (Phi) is 4.78. The number of hydrogen-bond acceptors (Lipinski definition) is 2. The highest BCUT2D eigenvalue weighted by Gasteiger charge is 2.09. The van der Waals surface area contributed by atoms with E-state index in [1.807, 2.05) is 0 Å². The van der Waals surface area contributed by atoms with E-state index in [-0.39, 0.29) is 0 Å². The molecule has 3 aromatic rings. The summed E-state index contributed by atoms with van der Waals surface area (Å²) in [5.74, 6) is 0. The van der Waals surface area contributed by atoms with E-state index in [0.717, 1.165) is 32.4 Å². The molecule has 0 radical (unpaired) electrons. The lowest BCUT2D eigenvalue weighted by atomic mass is 10.1. The van der Waals surface area contributed by atoms with Crippen LogP contribution in [0.2, 0.25) is 0 Å². The standard InChI is InChI=1S/C17H19BrN2S/c18-17-9-8-14(21-17)12-20-11-13(5-3-4-10-19)15-6-1-2-7-16(15)20/h1-2,6-9,11H,3-5,10,12,19H2. The molecule has 0 saturated heterocycles. The Balaban J connectivity index is 1.90. The summed E-state index contributed by atoms with van der Waals surface area (Å²) >= 11 is 5.34. The summed E-state index contributed by atoms with van der Waals surface area (Å²) in [5.41, 5.74) is 8.37. The van der Waals surface area contributed by atoms with Crippen LogP contribution in [0.3, 0.4) is 0 Å². The fourth-order valence-corrected chi connectivity index (χ4v) is 4.20. The Morgan fingerprint density at radius 2 is 1.95 bits per heavy atom. The van der Waals surface area contributed by atoms with Crippen molar-refractivity contribution in [2.45, 2.75) is 25.8 Å². The first-order valence-electron chi connectivity index (χ1n) is 7.29. The first-order valence-corrected chi connectivity index (χ1v) is 8.90. The minimum Gasteiger partial charge on any atom is -0.342 e. The fourth-order valence-electron chi connectivity index (χ4n) is 2.72. The van der Waals surface area contributed by atoms with Gasteiger partial charge in [0, 0.05) is 22.0 Å². The topological polar surface area (TPSA) is 30.9 Å². The van der Waals surface area contributed by atoms with Crippen LogP contribution in [0, 0.1) is 0 Å². The molecule has 110 valence electrons. The molecule has 0 fully saturated rings. The third-order valence-corrected chi connectivity index (χ3v) is 5.33. The average molecular weight is 363 g/mol. The second kappa shape index (κ2) is 6.77. The van der Waals surface area contributed by atoms with Crippen molar-refractivity contribution in [2.75, 3.05) is 6.54 Å². The average Bonchev–Trinajstić information content (AvgIpc) is 3.05. The van der Waals surface area contributed by atoms with Crippen LogP contribution in [0.15, 0.2) is 46.4 Å². The third kappa shape index (κ3) is 3.39. The van der Waals surface area contributed by atoms with Gasteiger partial charge < -0.3 is 10.3 Å². The number of halogens is 1. The maximum atomic E-state index is 5.61. The maximum absolute atomic E-state index is 5.61. The number of aromatic nitrogens is 1. The maximum Gasteiger partial charge on any atom is 0.0702 e. The van der Waals surface area contributed by atoms with E-state index in [1.165, 1.54) is 25.1 Å². The number of thiophene rings is 1. The van der Waals surface area contributed by atoms with Crippen molar-refractivity contribution >= 4 is 38.2 Å². The Labute approximate surface area is 137 Å². The van der Waals surface area contributed by atoms with Crippen molar-refractivity contribution in [2.24, 2.45) is 5.73 Å². The zero-order valence-electron chi connectivity index (χ0n) is 11.9. The number of benzene rings is 1.